The molecule has 5 rings (SSSR count). The van der Waals surface area contributed by atoms with Crippen molar-refractivity contribution in [1.82, 2.24) is 10.2 Å². The molecular weight excluding hydrogens is 454 g/mol. The second-order valence-electron chi connectivity index (χ2n) is 8.33. The van der Waals surface area contributed by atoms with E-state index in [0.717, 1.165) is 66.3 Å². The SMILES string of the molecule is O=C(CSc1ccc(N2CCN(c3ccccc3Cl)CC2)nn1)Nc1ccc2c(c1)CCC2. The van der Waals surface area contributed by atoms with Crippen LogP contribution in [0.25, 0.3) is 0 Å². The summed E-state index contributed by atoms with van der Waals surface area (Å²) in [4.78, 5) is 16.9. The largest absolute Gasteiger partial charge is 0.367 e. The van der Waals surface area contributed by atoms with Gasteiger partial charge in [0.15, 0.2) is 5.82 Å². The Morgan fingerprint density at radius 1 is 0.939 bits per heavy atom. The minimum Gasteiger partial charge on any atom is -0.367 e. The summed E-state index contributed by atoms with van der Waals surface area (Å²) < 4.78 is 0. The number of amides is 1. The molecule has 3 aromatic rings. The molecule has 0 saturated carbocycles. The maximum absolute atomic E-state index is 12.4. The maximum atomic E-state index is 12.4. The van der Waals surface area contributed by atoms with E-state index in [0.29, 0.717) is 5.75 Å². The molecule has 2 aromatic carbocycles. The van der Waals surface area contributed by atoms with Gasteiger partial charge in [-0.15, -0.1) is 10.2 Å². The number of para-hydroxylation sites is 1. The molecule has 6 nitrogen and oxygen atoms in total. The Balaban J connectivity index is 1.10. The van der Waals surface area contributed by atoms with E-state index < -0.39 is 0 Å². The van der Waals surface area contributed by atoms with Crippen molar-refractivity contribution in [2.75, 3.05) is 47.0 Å². The number of halogens is 1. The highest BCUT2D eigenvalue weighted by Crippen LogP contribution is 2.27. The van der Waals surface area contributed by atoms with Crippen LogP contribution < -0.4 is 15.1 Å². The summed E-state index contributed by atoms with van der Waals surface area (Å²) in [6.07, 6.45) is 3.45. The zero-order valence-electron chi connectivity index (χ0n) is 18.3. The predicted octanol–water partition coefficient (Wildman–Crippen LogP) is 4.68. The summed E-state index contributed by atoms with van der Waals surface area (Å²) in [6, 6.07) is 18.1. The molecule has 1 saturated heterocycles. The third-order valence-corrected chi connectivity index (χ3v) is 7.40. The monoisotopic (exact) mass is 479 g/mol. The quantitative estimate of drug-likeness (QED) is 0.518. The molecule has 1 aliphatic carbocycles. The first kappa shape index (κ1) is 22.0. The molecule has 2 heterocycles. The third kappa shape index (κ3) is 5.25. The second kappa shape index (κ2) is 10.0. The van der Waals surface area contributed by atoms with E-state index >= 15 is 0 Å². The smallest absolute Gasteiger partial charge is 0.234 e. The van der Waals surface area contributed by atoms with E-state index in [1.807, 2.05) is 36.4 Å². The lowest BCUT2D eigenvalue weighted by atomic mass is 10.1. The first-order valence-corrected chi connectivity index (χ1v) is 12.6. The molecule has 0 bridgehead atoms. The summed E-state index contributed by atoms with van der Waals surface area (Å²) in [5.41, 5.74) is 4.71. The number of aromatic nitrogens is 2. The number of nitrogens with zero attached hydrogens (tertiary/aromatic N) is 4. The molecule has 8 heteroatoms. The summed E-state index contributed by atoms with van der Waals surface area (Å²) in [5.74, 6) is 1.14. The van der Waals surface area contributed by atoms with Crippen LogP contribution >= 0.6 is 23.4 Å². The molecule has 1 aromatic heterocycles. The van der Waals surface area contributed by atoms with E-state index in [1.165, 1.54) is 29.3 Å². The van der Waals surface area contributed by atoms with Crippen LogP contribution in [0.2, 0.25) is 5.02 Å². The summed E-state index contributed by atoms with van der Waals surface area (Å²) in [6.45, 7) is 3.47. The van der Waals surface area contributed by atoms with Crippen LogP contribution in [0, 0.1) is 0 Å². The molecule has 1 fully saturated rings. The van der Waals surface area contributed by atoms with Gasteiger partial charge in [-0.2, -0.15) is 0 Å². The molecule has 0 spiro atoms. The average Bonchev–Trinajstić information content (AvgIpc) is 3.32. The van der Waals surface area contributed by atoms with Crippen LogP contribution in [0.4, 0.5) is 17.2 Å². The van der Waals surface area contributed by atoms with Gasteiger partial charge in [0.1, 0.15) is 5.03 Å². The third-order valence-electron chi connectivity index (χ3n) is 6.16. The summed E-state index contributed by atoms with van der Waals surface area (Å²) in [7, 11) is 0. The van der Waals surface area contributed by atoms with Gasteiger partial charge in [-0.05, 0) is 66.8 Å². The molecule has 170 valence electrons. The number of carbonyl (C=O) groups excluding carboxylic acids is 1. The van der Waals surface area contributed by atoms with Gasteiger partial charge in [0.25, 0.3) is 0 Å². The predicted molar refractivity (Wildman–Crippen MR) is 136 cm³/mol. The second-order valence-corrected chi connectivity index (χ2v) is 9.73. The van der Waals surface area contributed by atoms with Gasteiger partial charge in [-0.25, -0.2) is 0 Å². The number of nitrogens with one attached hydrogen (secondary N) is 1. The molecule has 2 aliphatic rings. The Hall–Kier alpha value is -2.77. The number of anilines is 3. The van der Waals surface area contributed by atoms with Gasteiger partial charge in [0.2, 0.25) is 5.91 Å². The molecule has 0 radical (unpaired) electrons. The van der Waals surface area contributed by atoms with E-state index in [9.17, 15) is 4.79 Å². The zero-order chi connectivity index (χ0) is 22.6. The topological polar surface area (TPSA) is 61.4 Å². The van der Waals surface area contributed by atoms with Gasteiger partial charge in [0.05, 0.1) is 16.5 Å². The number of hydrogen-bond donors (Lipinski definition) is 1. The van der Waals surface area contributed by atoms with Crippen molar-refractivity contribution in [1.29, 1.82) is 0 Å². The molecule has 0 atom stereocenters. The number of hydrogen-bond acceptors (Lipinski definition) is 6. The van der Waals surface area contributed by atoms with Gasteiger partial charge in [0, 0.05) is 31.9 Å². The van der Waals surface area contributed by atoms with E-state index in [1.54, 1.807) is 0 Å². The van der Waals surface area contributed by atoms with Crippen LogP contribution in [0.5, 0.6) is 0 Å². The number of rotatable bonds is 6. The minimum absolute atomic E-state index is 0.0282. The highest BCUT2D eigenvalue weighted by Gasteiger charge is 2.20. The number of fused-ring (bicyclic) bond motifs is 1. The van der Waals surface area contributed by atoms with Crippen molar-refractivity contribution in [3.05, 3.63) is 70.7 Å². The van der Waals surface area contributed by atoms with Crippen molar-refractivity contribution in [3.63, 3.8) is 0 Å². The normalized spacial score (nSPS) is 15.4. The lowest BCUT2D eigenvalue weighted by Gasteiger charge is -2.36. The van der Waals surface area contributed by atoms with Crippen molar-refractivity contribution in [2.45, 2.75) is 24.3 Å². The molecular formula is C25H26ClN5OS. The number of piperazine rings is 1. The Bertz CT molecular complexity index is 1130. The number of carbonyl (C=O) groups is 1. The standard InChI is InChI=1S/C25H26ClN5OS/c26-21-6-1-2-7-22(21)30-12-14-31(15-13-30)23-10-11-25(29-28-23)33-17-24(32)27-20-9-8-18-4-3-5-19(18)16-20/h1-2,6-11,16H,3-5,12-15,17H2,(H,27,32). The van der Waals surface area contributed by atoms with Gasteiger partial charge >= 0.3 is 0 Å². The van der Waals surface area contributed by atoms with Crippen LogP contribution in [0.15, 0.2) is 59.6 Å². The lowest BCUT2D eigenvalue weighted by Crippen LogP contribution is -2.47. The molecule has 0 unspecified atom stereocenters. The van der Waals surface area contributed by atoms with Crippen LogP contribution in [0.3, 0.4) is 0 Å². The Morgan fingerprint density at radius 2 is 1.73 bits per heavy atom. The number of aryl methyl sites for hydroxylation is 2. The highest BCUT2D eigenvalue weighted by atomic mass is 35.5. The fourth-order valence-electron chi connectivity index (χ4n) is 4.43. The van der Waals surface area contributed by atoms with Crippen molar-refractivity contribution in [2.24, 2.45) is 0 Å². The van der Waals surface area contributed by atoms with E-state index in [2.05, 4.69) is 43.5 Å². The maximum Gasteiger partial charge on any atom is 0.234 e. The van der Waals surface area contributed by atoms with Crippen LogP contribution in [-0.2, 0) is 17.6 Å². The Labute approximate surface area is 203 Å². The zero-order valence-corrected chi connectivity index (χ0v) is 19.9. The van der Waals surface area contributed by atoms with E-state index in [-0.39, 0.29) is 5.91 Å². The molecule has 1 amide bonds. The van der Waals surface area contributed by atoms with Crippen molar-refractivity contribution in [3.8, 4) is 0 Å². The first-order valence-electron chi connectivity index (χ1n) is 11.3. The highest BCUT2D eigenvalue weighted by molar-refractivity contribution is 7.99. The average molecular weight is 480 g/mol. The number of benzene rings is 2. The van der Waals surface area contributed by atoms with Crippen LogP contribution in [-0.4, -0.2) is 48.0 Å². The fraction of sp³-hybridized carbons (Fsp3) is 0.320. The fourth-order valence-corrected chi connectivity index (χ4v) is 5.30. The van der Waals surface area contributed by atoms with Crippen LogP contribution in [0.1, 0.15) is 17.5 Å². The molecule has 1 N–H and O–H groups in total. The van der Waals surface area contributed by atoms with Gasteiger partial charge in [-0.3, -0.25) is 4.79 Å². The summed E-state index contributed by atoms with van der Waals surface area (Å²) in [5, 5.41) is 13.3. The van der Waals surface area contributed by atoms with Gasteiger partial charge in [-0.1, -0.05) is 41.6 Å². The van der Waals surface area contributed by atoms with Gasteiger partial charge < -0.3 is 15.1 Å². The van der Waals surface area contributed by atoms with Crippen molar-refractivity contribution < 1.29 is 4.79 Å². The van der Waals surface area contributed by atoms with Crippen molar-refractivity contribution >= 4 is 46.5 Å². The molecule has 1 aliphatic heterocycles. The van der Waals surface area contributed by atoms with E-state index in [4.69, 9.17) is 11.6 Å². The number of thioether (sulfide) groups is 1. The lowest BCUT2D eigenvalue weighted by molar-refractivity contribution is -0.113. The molecule has 33 heavy (non-hydrogen) atoms. The first-order chi connectivity index (χ1) is 16.2. The minimum atomic E-state index is -0.0282. The summed E-state index contributed by atoms with van der Waals surface area (Å²) >= 11 is 7.74. The Morgan fingerprint density at radius 3 is 2.52 bits per heavy atom. The Kier molecular flexibility index (Phi) is 6.69.